The topological polar surface area (TPSA) is 72.9 Å². The molecule has 0 aliphatic rings. The second kappa shape index (κ2) is 4.64. The highest BCUT2D eigenvalue weighted by Gasteiger charge is 2.15. The van der Waals surface area contributed by atoms with E-state index < -0.39 is 5.97 Å². The number of nitrogens with zero attached hydrogens (tertiary/aromatic N) is 4. The van der Waals surface area contributed by atoms with Crippen LogP contribution in [0.1, 0.15) is 34.6 Å². The van der Waals surface area contributed by atoms with Crippen molar-refractivity contribution in [3.63, 3.8) is 0 Å². The van der Waals surface area contributed by atoms with Crippen molar-refractivity contribution < 1.29 is 9.90 Å². The lowest BCUT2D eigenvalue weighted by atomic mass is 10.3. The summed E-state index contributed by atoms with van der Waals surface area (Å²) in [6.07, 6.45) is 1.39. The summed E-state index contributed by atoms with van der Waals surface area (Å²) in [6, 6.07) is 1.97. The Morgan fingerprint density at radius 2 is 2.17 bits per heavy atom. The minimum Gasteiger partial charge on any atom is -0.477 e. The molecule has 2 aromatic rings. The summed E-state index contributed by atoms with van der Waals surface area (Å²) in [7, 11) is 0. The molecule has 0 aliphatic carbocycles. The van der Waals surface area contributed by atoms with Crippen molar-refractivity contribution in [3.05, 3.63) is 35.2 Å². The lowest BCUT2D eigenvalue weighted by Crippen LogP contribution is -2.14. The molecule has 0 aromatic carbocycles. The summed E-state index contributed by atoms with van der Waals surface area (Å²) in [4.78, 5) is 15.2. The van der Waals surface area contributed by atoms with E-state index in [2.05, 4.69) is 10.1 Å². The molecule has 18 heavy (non-hydrogen) atoms. The number of rotatable bonds is 4. The van der Waals surface area contributed by atoms with Gasteiger partial charge in [-0.1, -0.05) is 0 Å². The molecule has 0 fully saturated rings. The molecule has 1 N–H and O–H groups in total. The number of aromatic nitrogens is 4. The Morgan fingerprint density at radius 1 is 1.44 bits per heavy atom. The van der Waals surface area contributed by atoms with Crippen molar-refractivity contribution in [3.8, 4) is 0 Å². The van der Waals surface area contributed by atoms with Crippen LogP contribution in [0.5, 0.6) is 0 Å². The molecule has 0 saturated heterocycles. The normalized spacial score (nSPS) is 10.8. The minimum absolute atomic E-state index is 0.203. The molecule has 0 radical (unpaired) electrons. The van der Waals surface area contributed by atoms with Crippen LogP contribution in [0.2, 0.25) is 0 Å². The molecule has 96 valence electrons. The highest BCUT2D eigenvalue weighted by atomic mass is 16.4. The maximum absolute atomic E-state index is 11.1. The summed E-state index contributed by atoms with van der Waals surface area (Å²) < 4.78 is 3.56. The monoisotopic (exact) mass is 248 g/mol. The molecule has 0 amide bonds. The largest absolute Gasteiger partial charge is 0.477 e. The van der Waals surface area contributed by atoms with Gasteiger partial charge in [-0.05, 0) is 26.8 Å². The van der Waals surface area contributed by atoms with Crippen molar-refractivity contribution in [1.29, 1.82) is 0 Å². The number of hydrogen-bond donors (Lipinski definition) is 1. The van der Waals surface area contributed by atoms with Gasteiger partial charge in [-0.3, -0.25) is 4.68 Å². The number of carboxylic acid groups (broad SMARTS) is 1. The zero-order valence-corrected chi connectivity index (χ0v) is 10.7. The molecular formula is C12H16N4O2. The van der Waals surface area contributed by atoms with Gasteiger partial charge in [-0.2, -0.15) is 5.10 Å². The maximum Gasteiger partial charge on any atom is 0.354 e. The van der Waals surface area contributed by atoms with E-state index in [1.807, 2.05) is 24.6 Å². The van der Waals surface area contributed by atoms with E-state index in [1.54, 1.807) is 11.5 Å². The summed E-state index contributed by atoms with van der Waals surface area (Å²) in [5.41, 5.74) is 2.12. The van der Waals surface area contributed by atoms with Gasteiger partial charge in [-0.25, -0.2) is 9.78 Å². The quantitative estimate of drug-likeness (QED) is 0.889. The van der Waals surface area contributed by atoms with Crippen molar-refractivity contribution in [1.82, 2.24) is 19.3 Å². The van der Waals surface area contributed by atoms with E-state index in [0.29, 0.717) is 12.4 Å². The maximum atomic E-state index is 11.1. The highest BCUT2D eigenvalue weighted by Crippen LogP contribution is 2.11. The molecule has 2 rings (SSSR count). The predicted molar refractivity (Wildman–Crippen MR) is 65.7 cm³/mol. The van der Waals surface area contributed by atoms with Crippen LogP contribution in [-0.2, 0) is 13.1 Å². The molecule has 6 heteroatoms. The molecular weight excluding hydrogens is 232 g/mol. The molecule has 6 nitrogen and oxygen atoms in total. The minimum atomic E-state index is -0.963. The number of aromatic carboxylic acids is 1. The van der Waals surface area contributed by atoms with E-state index in [0.717, 1.165) is 17.9 Å². The third kappa shape index (κ3) is 2.13. The van der Waals surface area contributed by atoms with Crippen LogP contribution in [0.3, 0.4) is 0 Å². The first kappa shape index (κ1) is 12.3. The second-order valence-electron chi connectivity index (χ2n) is 4.17. The van der Waals surface area contributed by atoms with Crippen LogP contribution in [0, 0.1) is 13.8 Å². The van der Waals surface area contributed by atoms with Crippen LogP contribution in [0.15, 0.2) is 12.3 Å². The van der Waals surface area contributed by atoms with Crippen molar-refractivity contribution in [2.75, 3.05) is 0 Å². The molecule has 0 atom stereocenters. The van der Waals surface area contributed by atoms with E-state index in [9.17, 15) is 4.79 Å². The molecule has 0 unspecified atom stereocenters. The molecule has 2 heterocycles. The molecule has 0 saturated carbocycles. The van der Waals surface area contributed by atoms with Crippen molar-refractivity contribution in [2.24, 2.45) is 0 Å². The number of aryl methyl sites for hydroxylation is 3. The molecule has 0 spiro atoms. The fourth-order valence-corrected chi connectivity index (χ4v) is 2.00. The Morgan fingerprint density at radius 3 is 2.78 bits per heavy atom. The Hall–Kier alpha value is -2.11. The Bertz CT molecular complexity index is 583. The highest BCUT2D eigenvalue weighted by molar-refractivity contribution is 5.85. The summed E-state index contributed by atoms with van der Waals surface area (Å²) in [6.45, 7) is 6.97. The van der Waals surface area contributed by atoms with Gasteiger partial charge in [-0.15, -0.1) is 0 Å². The van der Waals surface area contributed by atoms with Gasteiger partial charge in [0, 0.05) is 6.54 Å². The van der Waals surface area contributed by atoms with Gasteiger partial charge in [0.1, 0.15) is 11.5 Å². The summed E-state index contributed by atoms with van der Waals surface area (Å²) in [5, 5.41) is 13.5. The SMILES string of the molecule is CCn1nc(C)cc1Cn1c(C(=O)O)cnc1C. The fraction of sp³-hybridized carbons (Fsp3) is 0.417. The molecule has 2 aromatic heterocycles. The fourth-order valence-electron chi connectivity index (χ4n) is 2.00. The number of carbonyl (C=O) groups is 1. The first-order chi connectivity index (χ1) is 8.52. The van der Waals surface area contributed by atoms with Crippen LogP contribution in [-0.4, -0.2) is 30.4 Å². The average Bonchev–Trinajstić information content (AvgIpc) is 2.84. The van der Waals surface area contributed by atoms with Gasteiger partial charge >= 0.3 is 5.97 Å². The first-order valence-corrected chi connectivity index (χ1v) is 5.81. The zero-order valence-electron chi connectivity index (χ0n) is 10.7. The molecule has 0 bridgehead atoms. The predicted octanol–water partition coefficient (Wildman–Crippen LogP) is 1.46. The van der Waals surface area contributed by atoms with Crippen LogP contribution >= 0.6 is 0 Å². The second-order valence-corrected chi connectivity index (χ2v) is 4.17. The number of imidazole rings is 1. The van der Waals surface area contributed by atoms with E-state index in [1.165, 1.54) is 6.20 Å². The van der Waals surface area contributed by atoms with Gasteiger partial charge in [0.15, 0.2) is 0 Å². The van der Waals surface area contributed by atoms with Gasteiger partial charge in [0.05, 0.1) is 24.1 Å². The van der Waals surface area contributed by atoms with E-state index in [4.69, 9.17) is 5.11 Å². The van der Waals surface area contributed by atoms with Gasteiger partial charge < -0.3 is 9.67 Å². The molecule has 0 aliphatic heterocycles. The average molecular weight is 248 g/mol. The van der Waals surface area contributed by atoms with Gasteiger partial charge in [0.2, 0.25) is 0 Å². The van der Waals surface area contributed by atoms with Crippen molar-refractivity contribution in [2.45, 2.75) is 33.9 Å². The van der Waals surface area contributed by atoms with Crippen LogP contribution in [0.4, 0.5) is 0 Å². The summed E-state index contributed by atoms with van der Waals surface area (Å²) >= 11 is 0. The standard InChI is InChI=1S/C12H16N4O2/c1-4-16-10(5-8(2)14-16)7-15-9(3)13-6-11(15)12(17)18/h5-6H,4,7H2,1-3H3,(H,17,18). The number of carboxylic acids is 1. The third-order valence-electron chi connectivity index (χ3n) is 2.88. The van der Waals surface area contributed by atoms with Gasteiger partial charge in [0.25, 0.3) is 0 Å². The third-order valence-corrected chi connectivity index (χ3v) is 2.88. The van der Waals surface area contributed by atoms with Crippen LogP contribution in [0.25, 0.3) is 0 Å². The summed E-state index contributed by atoms with van der Waals surface area (Å²) in [5.74, 6) is -0.274. The zero-order chi connectivity index (χ0) is 13.3. The van der Waals surface area contributed by atoms with E-state index >= 15 is 0 Å². The Labute approximate surface area is 105 Å². The number of hydrogen-bond acceptors (Lipinski definition) is 3. The smallest absolute Gasteiger partial charge is 0.354 e. The van der Waals surface area contributed by atoms with E-state index in [-0.39, 0.29) is 5.69 Å². The Kier molecular flexibility index (Phi) is 3.18. The Balaban J connectivity index is 2.39. The lowest BCUT2D eigenvalue weighted by Gasteiger charge is -2.09. The van der Waals surface area contributed by atoms with Crippen LogP contribution < -0.4 is 0 Å². The lowest BCUT2D eigenvalue weighted by molar-refractivity contribution is 0.0685. The van der Waals surface area contributed by atoms with Crippen molar-refractivity contribution >= 4 is 5.97 Å². The first-order valence-electron chi connectivity index (χ1n) is 5.81.